The van der Waals surface area contributed by atoms with Crippen molar-refractivity contribution in [3.05, 3.63) is 0 Å². The van der Waals surface area contributed by atoms with Gasteiger partial charge in [-0.3, -0.25) is 4.90 Å². The van der Waals surface area contributed by atoms with E-state index >= 15 is 0 Å². The second-order valence-electron chi connectivity index (χ2n) is 5.86. The number of piperidine rings is 2. The van der Waals surface area contributed by atoms with Crippen molar-refractivity contribution in [3.8, 4) is 0 Å². The van der Waals surface area contributed by atoms with Gasteiger partial charge in [-0.1, -0.05) is 6.42 Å². The van der Waals surface area contributed by atoms with Gasteiger partial charge in [0.25, 0.3) is 0 Å². The molecule has 2 fully saturated rings. The van der Waals surface area contributed by atoms with Crippen molar-refractivity contribution in [2.24, 2.45) is 5.73 Å². The number of hydrogen-bond donors (Lipinski definition) is 1. The summed E-state index contributed by atoms with van der Waals surface area (Å²) in [6, 6.07) is 2.06. The molecule has 2 N–H and O–H groups in total. The van der Waals surface area contributed by atoms with E-state index in [0.717, 1.165) is 12.1 Å². The summed E-state index contributed by atoms with van der Waals surface area (Å²) in [7, 11) is 4.32. The van der Waals surface area contributed by atoms with Crippen molar-refractivity contribution in [3.63, 3.8) is 0 Å². The molecule has 2 atom stereocenters. The van der Waals surface area contributed by atoms with E-state index in [0.29, 0.717) is 6.04 Å². The van der Waals surface area contributed by atoms with Gasteiger partial charge in [0, 0.05) is 18.1 Å². The lowest BCUT2D eigenvalue weighted by Gasteiger charge is -2.48. The molecule has 0 aromatic carbocycles. The maximum Gasteiger partial charge on any atom is 0.0113 e. The maximum absolute atomic E-state index is 6.13. The molecule has 0 aromatic rings. The third-order valence-electron chi connectivity index (χ3n) is 4.18. The Hall–Kier alpha value is -0.120. The molecular weight excluding hydrogens is 198 g/mol. The van der Waals surface area contributed by atoms with Gasteiger partial charge < -0.3 is 10.6 Å². The smallest absolute Gasteiger partial charge is 0.0113 e. The third-order valence-corrected chi connectivity index (χ3v) is 4.18. The molecule has 94 valence electrons. The highest BCUT2D eigenvalue weighted by Crippen LogP contribution is 2.33. The molecule has 2 aliphatic heterocycles. The minimum atomic E-state index is 0.473. The van der Waals surface area contributed by atoms with Crippen LogP contribution in [0, 0.1) is 0 Å². The molecule has 2 aliphatic rings. The van der Waals surface area contributed by atoms with E-state index in [1.54, 1.807) is 0 Å². The van der Waals surface area contributed by atoms with Crippen molar-refractivity contribution in [2.75, 3.05) is 27.2 Å². The standard InChI is InChI=1S/C13H27N3/c1-15(2)7-4-8-16-12-5-3-6-13(16)10-11(14)9-12/h11-13H,3-10,14H2,1-2H3. The fourth-order valence-electron chi connectivity index (χ4n) is 3.46. The van der Waals surface area contributed by atoms with Crippen LogP contribution in [0.4, 0.5) is 0 Å². The highest BCUT2D eigenvalue weighted by Gasteiger charge is 2.36. The molecule has 0 spiro atoms. The predicted octanol–water partition coefficient (Wildman–Crippen LogP) is 1.28. The molecule has 3 nitrogen and oxygen atoms in total. The topological polar surface area (TPSA) is 32.5 Å². The predicted molar refractivity (Wildman–Crippen MR) is 68.5 cm³/mol. The Morgan fingerprint density at radius 1 is 1.19 bits per heavy atom. The van der Waals surface area contributed by atoms with Gasteiger partial charge in [0.2, 0.25) is 0 Å². The monoisotopic (exact) mass is 225 g/mol. The minimum absolute atomic E-state index is 0.473. The van der Waals surface area contributed by atoms with E-state index in [-0.39, 0.29) is 0 Å². The summed E-state index contributed by atoms with van der Waals surface area (Å²) < 4.78 is 0. The van der Waals surface area contributed by atoms with E-state index in [9.17, 15) is 0 Å². The number of rotatable bonds is 4. The van der Waals surface area contributed by atoms with E-state index in [4.69, 9.17) is 5.73 Å². The fraction of sp³-hybridized carbons (Fsp3) is 1.00. The maximum atomic E-state index is 6.13. The summed E-state index contributed by atoms with van der Waals surface area (Å²) in [6.07, 6.45) is 7.96. The molecule has 2 bridgehead atoms. The highest BCUT2D eigenvalue weighted by molar-refractivity contribution is 4.93. The Morgan fingerprint density at radius 3 is 2.38 bits per heavy atom. The zero-order valence-electron chi connectivity index (χ0n) is 10.9. The van der Waals surface area contributed by atoms with Gasteiger partial charge >= 0.3 is 0 Å². The third kappa shape index (κ3) is 2.96. The van der Waals surface area contributed by atoms with Crippen LogP contribution in [-0.2, 0) is 0 Å². The Labute approximate surface area is 100.0 Å². The van der Waals surface area contributed by atoms with Crippen molar-refractivity contribution in [1.82, 2.24) is 9.80 Å². The van der Waals surface area contributed by atoms with Crippen LogP contribution in [0.15, 0.2) is 0 Å². The molecule has 16 heavy (non-hydrogen) atoms. The lowest BCUT2D eigenvalue weighted by atomic mass is 9.82. The zero-order valence-corrected chi connectivity index (χ0v) is 10.9. The van der Waals surface area contributed by atoms with Gasteiger partial charge in [-0.25, -0.2) is 0 Å². The first-order valence-electron chi connectivity index (χ1n) is 6.83. The molecule has 2 saturated heterocycles. The summed E-state index contributed by atoms with van der Waals surface area (Å²) in [5, 5.41) is 0. The van der Waals surface area contributed by atoms with Crippen LogP contribution in [0.5, 0.6) is 0 Å². The summed E-state index contributed by atoms with van der Waals surface area (Å²) in [6.45, 7) is 2.49. The average molecular weight is 225 g/mol. The fourth-order valence-corrected chi connectivity index (χ4v) is 3.46. The Kier molecular flexibility index (Phi) is 4.22. The average Bonchev–Trinajstić information content (AvgIpc) is 2.18. The SMILES string of the molecule is CN(C)CCCN1C2CCCC1CC(N)C2. The lowest BCUT2D eigenvalue weighted by Crippen LogP contribution is -2.55. The quantitative estimate of drug-likeness (QED) is 0.782. The van der Waals surface area contributed by atoms with E-state index < -0.39 is 0 Å². The van der Waals surface area contributed by atoms with Gasteiger partial charge in [-0.2, -0.15) is 0 Å². The van der Waals surface area contributed by atoms with Gasteiger partial charge in [0.05, 0.1) is 0 Å². The Bertz CT molecular complexity index is 203. The van der Waals surface area contributed by atoms with E-state index in [1.165, 1.54) is 51.6 Å². The summed E-state index contributed by atoms with van der Waals surface area (Å²) in [4.78, 5) is 5.04. The molecule has 0 aromatic heterocycles. The van der Waals surface area contributed by atoms with Crippen LogP contribution < -0.4 is 5.73 Å². The van der Waals surface area contributed by atoms with Crippen LogP contribution >= 0.6 is 0 Å². The lowest BCUT2D eigenvalue weighted by molar-refractivity contribution is 0.0294. The normalized spacial score (nSPS) is 35.6. The van der Waals surface area contributed by atoms with Crippen molar-refractivity contribution < 1.29 is 0 Å². The molecule has 0 amide bonds. The van der Waals surface area contributed by atoms with Gasteiger partial charge in [-0.15, -0.1) is 0 Å². The second-order valence-corrected chi connectivity index (χ2v) is 5.86. The molecule has 2 unspecified atom stereocenters. The molecule has 0 saturated carbocycles. The molecule has 2 heterocycles. The van der Waals surface area contributed by atoms with Crippen LogP contribution in [0.1, 0.15) is 38.5 Å². The first kappa shape index (κ1) is 12.3. The molecular formula is C13H27N3. The van der Waals surface area contributed by atoms with Crippen LogP contribution in [-0.4, -0.2) is 55.1 Å². The van der Waals surface area contributed by atoms with Gasteiger partial charge in [0.1, 0.15) is 0 Å². The molecule has 3 heteroatoms. The van der Waals surface area contributed by atoms with Crippen LogP contribution in [0.25, 0.3) is 0 Å². The summed E-state index contributed by atoms with van der Waals surface area (Å²) in [5.74, 6) is 0. The number of nitrogens with zero attached hydrogens (tertiary/aromatic N) is 2. The van der Waals surface area contributed by atoms with Crippen LogP contribution in [0.2, 0.25) is 0 Å². The Balaban J connectivity index is 1.83. The second kappa shape index (κ2) is 5.48. The number of nitrogens with two attached hydrogens (primary N) is 1. The van der Waals surface area contributed by atoms with Gasteiger partial charge in [0.15, 0.2) is 0 Å². The van der Waals surface area contributed by atoms with Gasteiger partial charge in [-0.05, 0) is 59.3 Å². The van der Waals surface area contributed by atoms with E-state index in [1.807, 2.05) is 0 Å². The minimum Gasteiger partial charge on any atom is -0.328 e. The summed E-state index contributed by atoms with van der Waals surface area (Å²) >= 11 is 0. The zero-order chi connectivity index (χ0) is 11.5. The van der Waals surface area contributed by atoms with Crippen molar-refractivity contribution >= 4 is 0 Å². The van der Waals surface area contributed by atoms with E-state index in [2.05, 4.69) is 23.9 Å². The summed E-state index contributed by atoms with van der Waals surface area (Å²) in [5.41, 5.74) is 6.13. The van der Waals surface area contributed by atoms with Crippen molar-refractivity contribution in [1.29, 1.82) is 0 Å². The molecule has 0 aliphatic carbocycles. The highest BCUT2D eigenvalue weighted by atomic mass is 15.2. The molecule has 0 radical (unpaired) electrons. The first-order chi connectivity index (χ1) is 7.66. The largest absolute Gasteiger partial charge is 0.328 e. The number of fused-ring (bicyclic) bond motifs is 2. The first-order valence-corrected chi connectivity index (χ1v) is 6.83. The van der Waals surface area contributed by atoms with Crippen molar-refractivity contribution in [2.45, 2.75) is 56.7 Å². The Morgan fingerprint density at radius 2 is 1.81 bits per heavy atom. The van der Waals surface area contributed by atoms with Crippen LogP contribution in [0.3, 0.4) is 0 Å². The molecule has 2 rings (SSSR count). The number of hydrogen-bond acceptors (Lipinski definition) is 3.